The van der Waals surface area contributed by atoms with Gasteiger partial charge in [-0.1, -0.05) is 0 Å². The Balaban J connectivity index is 1.38. The molecule has 0 radical (unpaired) electrons. The molecule has 2 aliphatic rings. The molecule has 0 spiro atoms. The normalized spacial score (nSPS) is 17.0. The quantitative estimate of drug-likeness (QED) is 0.734. The molecule has 1 saturated carbocycles. The van der Waals surface area contributed by atoms with Crippen molar-refractivity contribution in [3.63, 3.8) is 0 Å². The number of urea groups is 1. The largest absolute Gasteiger partial charge is 0.455 e. The Morgan fingerprint density at radius 1 is 1.04 bits per heavy atom. The number of hydrogen-bond donors (Lipinski definition) is 2. The van der Waals surface area contributed by atoms with Crippen molar-refractivity contribution in [3.05, 3.63) is 35.6 Å². The number of imide groups is 1. The number of hydrogen-bond acceptors (Lipinski definition) is 5. The standard InChI is InChI=1S/C19H22FN3O5/c20-14-3-1-12(2-4-14)17(25)23-9-7-13(8-10-23)18(26)28-11-16(24)22-19(27)21-15-5-6-15/h1-4,13,15H,5-11H2,(H2,21,22,24,27). The molecule has 0 unspecified atom stereocenters. The number of esters is 1. The van der Waals surface area contributed by atoms with Crippen molar-refractivity contribution in [2.45, 2.75) is 31.7 Å². The fourth-order valence-corrected chi connectivity index (χ4v) is 2.96. The van der Waals surface area contributed by atoms with Gasteiger partial charge in [-0.3, -0.25) is 19.7 Å². The summed E-state index contributed by atoms with van der Waals surface area (Å²) in [5.74, 6) is -2.24. The molecule has 1 aliphatic carbocycles. The van der Waals surface area contributed by atoms with Gasteiger partial charge in [-0.15, -0.1) is 0 Å². The molecule has 0 atom stereocenters. The molecule has 0 bridgehead atoms. The van der Waals surface area contributed by atoms with E-state index in [4.69, 9.17) is 4.74 Å². The highest BCUT2D eigenvalue weighted by Gasteiger charge is 2.29. The maximum Gasteiger partial charge on any atom is 0.321 e. The smallest absolute Gasteiger partial charge is 0.321 e. The highest BCUT2D eigenvalue weighted by atomic mass is 19.1. The molecular weight excluding hydrogens is 369 g/mol. The van der Waals surface area contributed by atoms with Crippen molar-refractivity contribution in [2.75, 3.05) is 19.7 Å². The van der Waals surface area contributed by atoms with Crippen LogP contribution in [0.3, 0.4) is 0 Å². The highest BCUT2D eigenvalue weighted by molar-refractivity contribution is 5.96. The third kappa shape index (κ3) is 5.51. The number of nitrogens with zero attached hydrogens (tertiary/aromatic N) is 1. The topological polar surface area (TPSA) is 105 Å². The SMILES string of the molecule is O=C(COC(=O)C1CCN(C(=O)c2ccc(F)cc2)CC1)NC(=O)NC1CC1. The lowest BCUT2D eigenvalue weighted by Gasteiger charge is -2.31. The van der Waals surface area contributed by atoms with E-state index in [0.29, 0.717) is 31.5 Å². The Labute approximate surface area is 161 Å². The van der Waals surface area contributed by atoms with Gasteiger partial charge in [0.1, 0.15) is 5.82 Å². The lowest BCUT2D eigenvalue weighted by molar-refractivity contribution is -0.153. The predicted molar refractivity (Wildman–Crippen MR) is 95.7 cm³/mol. The van der Waals surface area contributed by atoms with E-state index in [1.807, 2.05) is 0 Å². The van der Waals surface area contributed by atoms with Crippen LogP contribution < -0.4 is 10.6 Å². The van der Waals surface area contributed by atoms with Crippen LogP contribution in [-0.4, -0.2) is 54.5 Å². The fraction of sp³-hybridized carbons (Fsp3) is 0.474. The first-order valence-corrected chi connectivity index (χ1v) is 9.24. The summed E-state index contributed by atoms with van der Waals surface area (Å²) in [6.45, 7) is 0.212. The molecule has 28 heavy (non-hydrogen) atoms. The van der Waals surface area contributed by atoms with Crippen molar-refractivity contribution in [1.29, 1.82) is 0 Å². The van der Waals surface area contributed by atoms with E-state index < -0.39 is 36.2 Å². The minimum Gasteiger partial charge on any atom is -0.455 e. The number of piperidine rings is 1. The molecule has 0 aromatic heterocycles. The molecule has 1 saturated heterocycles. The van der Waals surface area contributed by atoms with Crippen LogP contribution in [0.2, 0.25) is 0 Å². The van der Waals surface area contributed by atoms with Crippen molar-refractivity contribution in [2.24, 2.45) is 5.92 Å². The van der Waals surface area contributed by atoms with E-state index in [0.717, 1.165) is 12.8 Å². The van der Waals surface area contributed by atoms with E-state index >= 15 is 0 Å². The van der Waals surface area contributed by atoms with Crippen molar-refractivity contribution in [3.8, 4) is 0 Å². The zero-order chi connectivity index (χ0) is 20.1. The van der Waals surface area contributed by atoms with E-state index in [-0.39, 0.29) is 11.9 Å². The van der Waals surface area contributed by atoms with Gasteiger partial charge < -0.3 is 15.0 Å². The summed E-state index contributed by atoms with van der Waals surface area (Å²) in [5, 5.41) is 4.71. The van der Waals surface area contributed by atoms with Crippen LogP contribution in [0.1, 0.15) is 36.0 Å². The summed E-state index contributed by atoms with van der Waals surface area (Å²) < 4.78 is 17.9. The number of benzene rings is 1. The number of nitrogens with one attached hydrogen (secondary N) is 2. The van der Waals surface area contributed by atoms with Crippen LogP contribution >= 0.6 is 0 Å². The van der Waals surface area contributed by atoms with Gasteiger partial charge in [-0.25, -0.2) is 9.18 Å². The van der Waals surface area contributed by atoms with Gasteiger partial charge in [0.2, 0.25) is 0 Å². The van der Waals surface area contributed by atoms with Gasteiger partial charge in [0, 0.05) is 24.7 Å². The molecule has 1 heterocycles. The van der Waals surface area contributed by atoms with Gasteiger partial charge in [0.15, 0.2) is 6.61 Å². The van der Waals surface area contributed by atoms with Crippen LogP contribution in [0.15, 0.2) is 24.3 Å². The number of halogens is 1. The predicted octanol–water partition coefficient (Wildman–Crippen LogP) is 1.21. The lowest BCUT2D eigenvalue weighted by Crippen LogP contribution is -2.43. The number of likely N-dealkylation sites (tertiary alicyclic amines) is 1. The maximum atomic E-state index is 13.0. The second-order valence-electron chi connectivity index (χ2n) is 6.98. The average molecular weight is 391 g/mol. The van der Waals surface area contributed by atoms with Gasteiger partial charge in [0.25, 0.3) is 11.8 Å². The minimum atomic E-state index is -0.685. The Morgan fingerprint density at radius 2 is 1.68 bits per heavy atom. The first-order chi connectivity index (χ1) is 13.4. The molecule has 1 aliphatic heterocycles. The van der Waals surface area contributed by atoms with Crippen LogP contribution in [-0.2, 0) is 14.3 Å². The van der Waals surface area contributed by atoms with Gasteiger partial charge in [0.05, 0.1) is 5.92 Å². The third-order valence-electron chi connectivity index (χ3n) is 4.72. The summed E-state index contributed by atoms with van der Waals surface area (Å²) in [6.07, 6.45) is 2.63. The molecule has 2 fully saturated rings. The second-order valence-corrected chi connectivity index (χ2v) is 6.98. The summed E-state index contributed by atoms with van der Waals surface area (Å²) in [7, 11) is 0. The number of ether oxygens (including phenoxy) is 1. The van der Waals surface area contributed by atoms with Crippen LogP contribution in [0, 0.1) is 11.7 Å². The van der Waals surface area contributed by atoms with Crippen LogP contribution in [0.25, 0.3) is 0 Å². The molecule has 4 amide bonds. The minimum absolute atomic E-state index is 0.123. The van der Waals surface area contributed by atoms with Crippen LogP contribution in [0.5, 0.6) is 0 Å². The zero-order valence-corrected chi connectivity index (χ0v) is 15.3. The molecule has 150 valence electrons. The van der Waals surface area contributed by atoms with E-state index in [2.05, 4.69) is 10.6 Å². The Bertz CT molecular complexity index is 755. The monoisotopic (exact) mass is 391 g/mol. The highest BCUT2D eigenvalue weighted by Crippen LogP contribution is 2.21. The molecule has 8 nitrogen and oxygen atoms in total. The summed E-state index contributed by atoms with van der Waals surface area (Å²) in [5.41, 5.74) is 0.392. The van der Waals surface area contributed by atoms with Crippen molar-refractivity contribution >= 4 is 23.8 Å². The van der Waals surface area contributed by atoms with E-state index in [1.54, 1.807) is 4.90 Å². The number of carbonyl (C=O) groups excluding carboxylic acids is 4. The van der Waals surface area contributed by atoms with Gasteiger partial charge in [-0.05, 0) is 49.9 Å². The Hall–Kier alpha value is -2.97. The van der Waals surface area contributed by atoms with Crippen LogP contribution in [0.4, 0.5) is 9.18 Å². The molecule has 3 rings (SSSR count). The van der Waals surface area contributed by atoms with E-state index in [9.17, 15) is 23.6 Å². The van der Waals surface area contributed by atoms with Crippen molar-refractivity contribution in [1.82, 2.24) is 15.5 Å². The number of carbonyl (C=O) groups is 4. The van der Waals surface area contributed by atoms with Gasteiger partial charge in [-0.2, -0.15) is 0 Å². The van der Waals surface area contributed by atoms with E-state index in [1.165, 1.54) is 24.3 Å². The first kappa shape index (κ1) is 19.8. The summed E-state index contributed by atoms with van der Waals surface area (Å²) in [6, 6.07) is 4.85. The molecule has 1 aromatic rings. The third-order valence-corrected chi connectivity index (χ3v) is 4.72. The molecule has 1 aromatic carbocycles. The summed E-state index contributed by atoms with van der Waals surface area (Å²) >= 11 is 0. The number of rotatable bonds is 5. The lowest BCUT2D eigenvalue weighted by atomic mass is 9.96. The Kier molecular flexibility index (Phi) is 6.23. The Morgan fingerprint density at radius 3 is 2.29 bits per heavy atom. The molecule has 9 heteroatoms. The van der Waals surface area contributed by atoms with Crippen molar-refractivity contribution < 1.29 is 28.3 Å². The molecular formula is C19H22FN3O5. The zero-order valence-electron chi connectivity index (χ0n) is 15.3. The first-order valence-electron chi connectivity index (χ1n) is 9.24. The fourth-order valence-electron chi connectivity index (χ4n) is 2.96. The second kappa shape index (κ2) is 8.81. The molecule has 2 N–H and O–H groups in total. The maximum absolute atomic E-state index is 13.0. The van der Waals surface area contributed by atoms with Gasteiger partial charge >= 0.3 is 12.0 Å². The summed E-state index contributed by atoms with van der Waals surface area (Å²) in [4.78, 5) is 49.2. The average Bonchev–Trinajstić information content (AvgIpc) is 3.50. The number of amides is 4.